The molecule has 0 saturated heterocycles. The third kappa shape index (κ3) is 3.96. The van der Waals surface area contributed by atoms with Crippen LogP contribution in [-0.2, 0) is 18.4 Å². The number of aromatic nitrogens is 2. The van der Waals surface area contributed by atoms with Crippen LogP contribution in [-0.4, -0.2) is 26.7 Å². The Morgan fingerprint density at radius 3 is 2.52 bits per heavy atom. The molecule has 0 aliphatic carbocycles. The minimum Gasteiger partial charge on any atom is -0.409 e. The van der Waals surface area contributed by atoms with Crippen molar-refractivity contribution in [1.29, 1.82) is 0 Å². The van der Waals surface area contributed by atoms with E-state index in [1.807, 2.05) is 33.2 Å². The number of amidine groups is 1. The van der Waals surface area contributed by atoms with E-state index >= 15 is 0 Å². The Labute approximate surface area is 125 Å². The molecule has 0 unspecified atom stereocenters. The maximum absolute atomic E-state index is 12.6. The Morgan fingerprint density at radius 1 is 1.48 bits per heavy atom. The van der Waals surface area contributed by atoms with E-state index < -0.39 is 5.41 Å². The lowest BCUT2D eigenvalue weighted by Crippen LogP contribution is -2.49. The Hall–Kier alpha value is -2.05. The van der Waals surface area contributed by atoms with Crippen LogP contribution in [0.5, 0.6) is 0 Å². The second-order valence-electron chi connectivity index (χ2n) is 5.23. The SMILES string of the molecule is CCCC(CCC)(C(=O)NCc1ccn(C)n1)/C(N)=N/O. The van der Waals surface area contributed by atoms with Crippen LogP contribution in [0.1, 0.15) is 45.2 Å². The number of amides is 1. The maximum atomic E-state index is 12.6. The monoisotopic (exact) mass is 295 g/mol. The van der Waals surface area contributed by atoms with Crippen molar-refractivity contribution < 1.29 is 10.0 Å². The molecule has 21 heavy (non-hydrogen) atoms. The van der Waals surface area contributed by atoms with Gasteiger partial charge in [-0.05, 0) is 18.9 Å². The number of carbonyl (C=O) groups is 1. The van der Waals surface area contributed by atoms with E-state index in [9.17, 15) is 4.79 Å². The van der Waals surface area contributed by atoms with Gasteiger partial charge in [0.2, 0.25) is 5.91 Å². The van der Waals surface area contributed by atoms with Crippen LogP contribution in [0.3, 0.4) is 0 Å². The average Bonchev–Trinajstić information content (AvgIpc) is 2.89. The first-order valence-corrected chi connectivity index (χ1v) is 7.25. The van der Waals surface area contributed by atoms with Gasteiger partial charge in [0.05, 0.1) is 12.2 Å². The number of nitrogens with two attached hydrogens (primary N) is 1. The second kappa shape index (κ2) is 7.66. The molecule has 0 atom stereocenters. The number of hydrogen-bond acceptors (Lipinski definition) is 4. The summed E-state index contributed by atoms with van der Waals surface area (Å²) in [6, 6.07) is 1.84. The summed E-state index contributed by atoms with van der Waals surface area (Å²) in [5.41, 5.74) is 5.64. The molecule has 7 heteroatoms. The van der Waals surface area contributed by atoms with Crippen molar-refractivity contribution in [2.75, 3.05) is 0 Å². The van der Waals surface area contributed by atoms with Gasteiger partial charge in [-0.3, -0.25) is 9.48 Å². The molecule has 0 radical (unpaired) electrons. The molecular formula is C14H25N5O2. The number of oxime groups is 1. The van der Waals surface area contributed by atoms with Gasteiger partial charge in [0, 0.05) is 13.2 Å². The Bertz CT molecular complexity index is 489. The standard InChI is InChI=1S/C14H25N5O2/c1-4-7-14(8-5-2,12(15)18-21)13(20)16-10-11-6-9-19(3)17-11/h6,9,21H,4-5,7-8,10H2,1-3H3,(H2,15,18)(H,16,20). The summed E-state index contributed by atoms with van der Waals surface area (Å²) in [7, 11) is 1.82. The minimum absolute atomic E-state index is 0.0234. The molecule has 118 valence electrons. The van der Waals surface area contributed by atoms with Gasteiger partial charge in [-0.1, -0.05) is 31.8 Å². The Morgan fingerprint density at radius 2 is 2.10 bits per heavy atom. The van der Waals surface area contributed by atoms with E-state index in [0.29, 0.717) is 19.4 Å². The lowest BCUT2D eigenvalue weighted by molar-refractivity contribution is -0.128. The normalized spacial score (nSPS) is 12.4. The van der Waals surface area contributed by atoms with Crippen LogP contribution >= 0.6 is 0 Å². The van der Waals surface area contributed by atoms with Crippen LogP contribution in [0.15, 0.2) is 17.4 Å². The summed E-state index contributed by atoms with van der Waals surface area (Å²) >= 11 is 0. The quantitative estimate of drug-likeness (QED) is 0.291. The molecular weight excluding hydrogens is 270 g/mol. The number of rotatable bonds is 8. The Kier molecular flexibility index (Phi) is 6.20. The molecule has 0 aliphatic rings. The number of nitrogens with one attached hydrogen (secondary N) is 1. The van der Waals surface area contributed by atoms with Crippen molar-refractivity contribution in [3.05, 3.63) is 18.0 Å². The summed E-state index contributed by atoms with van der Waals surface area (Å²) in [5.74, 6) is -0.239. The molecule has 1 rings (SSSR count). The van der Waals surface area contributed by atoms with Crippen LogP contribution in [0.4, 0.5) is 0 Å². The first kappa shape index (κ1) is 17.0. The highest BCUT2D eigenvalue weighted by atomic mass is 16.4. The summed E-state index contributed by atoms with van der Waals surface area (Å²) in [5, 5.41) is 19.2. The predicted molar refractivity (Wildman–Crippen MR) is 80.7 cm³/mol. The van der Waals surface area contributed by atoms with E-state index in [0.717, 1.165) is 18.5 Å². The first-order valence-electron chi connectivity index (χ1n) is 7.25. The summed E-state index contributed by atoms with van der Waals surface area (Å²) in [4.78, 5) is 12.6. The van der Waals surface area contributed by atoms with E-state index in [-0.39, 0.29) is 11.7 Å². The van der Waals surface area contributed by atoms with Crippen LogP contribution in [0, 0.1) is 5.41 Å². The van der Waals surface area contributed by atoms with Gasteiger partial charge in [-0.15, -0.1) is 0 Å². The molecule has 1 heterocycles. The topological polar surface area (TPSA) is 106 Å². The second-order valence-corrected chi connectivity index (χ2v) is 5.23. The van der Waals surface area contributed by atoms with Crippen molar-refractivity contribution in [3.63, 3.8) is 0 Å². The fourth-order valence-electron chi connectivity index (χ4n) is 2.57. The van der Waals surface area contributed by atoms with Gasteiger partial charge in [-0.2, -0.15) is 5.10 Å². The van der Waals surface area contributed by atoms with E-state index in [4.69, 9.17) is 10.9 Å². The number of carbonyl (C=O) groups excluding carboxylic acids is 1. The van der Waals surface area contributed by atoms with Crippen molar-refractivity contribution in [2.45, 2.75) is 46.1 Å². The largest absolute Gasteiger partial charge is 0.409 e. The summed E-state index contributed by atoms with van der Waals surface area (Å²) < 4.78 is 1.68. The van der Waals surface area contributed by atoms with Crippen molar-refractivity contribution in [2.24, 2.45) is 23.4 Å². The predicted octanol–water partition coefficient (Wildman–Crippen LogP) is 1.37. The number of nitrogens with zero attached hydrogens (tertiary/aromatic N) is 3. The van der Waals surface area contributed by atoms with Crippen molar-refractivity contribution in [1.82, 2.24) is 15.1 Å². The zero-order chi connectivity index (χ0) is 15.9. The van der Waals surface area contributed by atoms with E-state index in [1.165, 1.54) is 0 Å². The zero-order valence-corrected chi connectivity index (χ0v) is 13.0. The van der Waals surface area contributed by atoms with Crippen LogP contribution in [0.2, 0.25) is 0 Å². The lowest BCUT2D eigenvalue weighted by atomic mass is 9.77. The molecule has 0 spiro atoms. The van der Waals surface area contributed by atoms with Gasteiger partial charge in [0.1, 0.15) is 5.41 Å². The lowest BCUT2D eigenvalue weighted by Gasteiger charge is -2.30. The average molecular weight is 295 g/mol. The van der Waals surface area contributed by atoms with E-state index in [1.54, 1.807) is 4.68 Å². The highest BCUT2D eigenvalue weighted by Crippen LogP contribution is 2.30. The van der Waals surface area contributed by atoms with Crippen molar-refractivity contribution in [3.8, 4) is 0 Å². The van der Waals surface area contributed by atoms with Gasteiger partial charge >= 0.3 is 0 Å². The molecule has 0 aliphatic heterocycles. The molecule has 1 amide bonds. The number of aryl methyl sites for hydroxylation is 1. The van der Waals surface area contributed by atoms with E-state index in [2.05, 4.69) is 15.6 Å². The molecule has 1 aromatic heterocycles. The third-order valence-electron chi connectivity index (χ3n) is 3.59. The number of hydrogen-bond donors (Lipinski definition) is 3. The van der Waals surface area contributed by atoms with Gasteiger partial charge in [0.25, 0.3) is 0 Å². The third-order valence-corrected chi connectivity index (χ3v) is 3.59. The van der Waals surface area contributed by atoms with Crippen LogP contribution < -0.4 is 11.1 Å². The fourth-order valence-corrected chi connectivity index (χ4v) is 2.57. The highest BCUT2D eigenvalue weighted by Gasteiger charge is 2.41. The van der Waals surface area contributed by atoms with Gasteiger partial charge in [0.15, 0.2) is 5.84 Å². The molecule has 7 nitrogen and oxygen atoms in total. The minimum atomic E-state index is -0.951. The molecule has 0 saturated carbocycles. The summed E-state index contributed by atoms with van der Waals surface area (Å²) in [6.45, 7) is 4.27. The fraction of sp³-hybridized carbons (Fsp3) is 0.643. The Balaban J connectivity index is 2.88. The molecule has 0 aromatic carbocycles. The van der Waals surface area contributed by atoms with Crippen LogP contribution in [0.25, 0.3) is 0 Å². The molecule has 0 bridgehead atoms. The van der Waals surface area contributed by atoms with Gasteiger partial charge in [-0.25, -0.2) is 0 Å². The zero-order valence-electron chi connectivity index (χ0n) is 13.0. The highest BCUT2D eigenvalue weighted by molar-refractivity contribution is 6.06. The maximum Gasteiger partial charge on any atom is 0.234 e. The smallest absolute Gasteiger partial charge is 0.234 e. The summed E-state index contributed by atoms with van der Waals surface area (Å²) in [6.07, 6.45) is 4.45. The molecule has 4 N–H and O–H groups in total. The molecule has 1 aromatic rings. The first-order chi connectivity index (χ1) is 10.00. The van der Waals surface area contributed by atoms with Crippen molar-refractivity contribution >= 4 is 11.7 Å². The molecule has 0 fully saturated rings. The van der Waals surface area contributed by atoms with Gasteiger partial charge < -0.3 is 16.3 Å².